The molecule has 1 heterocycles. The van der Waals surface area contributed by atoms with Crippen LogP contribution in [0.15, 0.2) is 0 Å². The Labute approximate surface area is 103 Å². The first kappa shape index (κ1) is 14.0. The molecule has 0 radical (unpaired) electrons. The molecule has 0 saturated carbocycles. The van der Waals surface area contributed by atoms with E-state index < -0.39 is 5.91 Å². The van der Waals surface area contributed by atoms with Gasteiger partial charge in [0.05, 0.1) is 0 Å². The van der Waals surface area contributed by atoms with E-state index in [1.165, 1.54) is 0 Å². The molecule has 0 aromatic heterocycles. The van der Waals surface area contributed by atoms with Gasteiger partial charge in [0.1, 0.15) is 0 Å². The third-order valence-corrected chi connectivity index (χ3v) is 3.10. The molecular weight excluding hydrogens is 218 g/mol. The zero-order valence-corrected chi connectivity index (χ0v) is 11.0. The first-order valence-corrected chi connectivity index (χ1v) is 6.26. The van der Waals surface area contributed by atoms with Gasteiger partial charge in [0.15, 0.2) is 0 Å². The van der Waals surface area contributed by atoms with Gasteiger partial charge in [-0.2, -0.15) is 0 Å². The third kappa shape index (κ3) is 4.34. The van der Waals surface area contributed by atoms with Crippen LogP contribution in [0.3, 0.4) is 0 Å². The van der Waals surface area contributed by atoms with Gasteiger partial charge < -0.3 is 15.1 Å². The van der Waals surface area contributed by atoms with Crippen molar-refractivity contribution in [1.82, 2.24) is 15.1 Å². The van der Waals surface area contributed by atoms with Crippen LogP contribution in [0.4, 0.5) is 0 Å². The molecule has 1 atom stereocenters. The normalized spacial score (nSPS) is 20.5. The van der Waals surface area contributed by atoms with Crippen molar-refractivity contribution in [3.8, 4) is 0 Å². The van der Waals surface area contributed by atoms with Crippen molar-refractivity contribution >= 4 is 11.8 Å². The summed E-state index contributed by atoms with van der Waals surface area (Å²) in [6.07, 6.45) is 3.14. The van der Waals surface area contributed by atoms with Crippen LogP contribution in [0.1, 0.15) is 26.2 Å². The van der Waals surface area contributed by atoms with Gasteiger partial charge in [0, 0.05) is 25.7 Å². The van der Waals surface area contributed by atoms with Crippen molar-refractivity contribution in [2.75, 3.05) is 33.7 Å². The van der Waals surface area contributed by atoms with Gasteiger partial charge in [-0.15, -0.1) is 0 Å². The van der Waals surface area contributed by atoms with Crippen LogP contribution in [0.2, 0.25) is 0 Å². The van der Waals surface area contributed by atoms with Crippen molar-refractivity contribution in [2.45, 2.75) is 32.2 Å². The second-order valence-electron chi connectivity index (χ2n) is 4.90. The molecule has 0 aromatic carbocycles. The summed E-state index contributed by atoms with van der Waals surface area (Å²) in [6.45, 7) is 3.97. The largest absolute Gasteiger partial charge is 0.347 e. The molecule has 5 heteroatoms. The number of rotatable bonds is 3. The average molecular weight is 241 g/mol. The van der Waals surface area contributed by atoms with E-state index >= 15 is 0 Å². The summed E-state index contributed by atoms with van der Waals surface area (Å²) in [5.74, 6) is -0.850. The Morgan fingerprint density at radius 1 is 1.35 bits per heavy atom. The summed E-state index contributed by atoms with van der Waals surface area (Å²) >= 11 is 0. The van der Waals surface area contributed by atoms with Gasteiger partial charge in [-0.3, -0.25) is 9.59 Å². The third-order valence-electron chi connectivity index (χ3n) is 3.10. The van der Waals surface area contributed by atoms with Crippen LogP contribution in [0, 0.1) is 0 Å². The number of amides is 2. The van der Waals surface area contributed by atoms with E-state index in [1.54, 1.807) is 4.90 Å². The number of likely N-dealkylation sites (tertiary alicyclic amines) is 1. The maximum atomic E-state index is 11.9. The molecule has 1 N–H and O–H groups in total. The summed E-state index contributed by atoms with van der Waals surface area (Å²) in [5.41, 5.74) is 0. The van der Waals surface area contributed by atoms with E-state index in [0.29, 0.717) is 13.1 Å². The molecule has 1 unspecified atom stereocenters. The molecule has 1 fully saturated rings. The first-order chi connectivity index (χ1) is 8.02. The van der Waals surface area contributed by atoms with Crippen LogP contribution >= 0.6 is 0 Å². The fourth-order valence-electron chi connectivity index (χ4n) is 2.00. The van der Waals surface area contributed by atoms with Crippen LogP contribution in [0.5, 0.6) is 0 Å². The minimum atomic E-state index is -0.472. The quantitative estimate of drug-likeness (QED) is 0.711. The molecule has 5 nitrogen and oxygen atoms in total. The lowest BCUT2D eigenvalue weighted by Crippen LogP contribution is -2.49. The van der Waals surface area contributed by atoms with Gasteiger partial charge in [0.2, 0.25) is 0 Å². The number of carbonyl (C=O) groups is 2. The van der Waals surface area contributed by atoms with Crippen molar-refractivity contribution in [3.63, 3.8) is 0 Å². The van der Waals surface area contributed by atoms with E-state index in [-0.39, 0.29) is 11.9 Å². The number of hydrogen-bond donors (Lipinski definition) is 1. The van der Waals surface area contributed by atoms with Gasteiger partial charge >= 0.3 is 11.8 Å². The van der Waals surface area contributed by atoms with E-state index in [0.717, 1.165) is 25.8 Å². The second-order valence-corrected chi connectivity index (χ2v) is 4.90. The highest BCUT2D eigenvalue weighted by Crippen LogP contribution is 2.16. The maximum Gasteiger partial charge on any atom is 0.312 e. The average Bonchev–Trinajstić information content (AvgIpc) is 2.28. The van der Waals surface area contributed by atoms with Crippen LogP contribution in [-0.2, 0) is 9.59 Å². The van der Waals surface area contributed by atoms with Gasteiger partial charge in [-0.05, 0) is 40.3 Å². The summed E-state index contributed by atoms with van der Waals surface area (Å²) < 4.78 is 0. The molecule has 1 aliphatic heterocycles. The molecule has 1 aliphatic rings. The molecule has 1 rings (SSSR count). The first-order valence-electron chi connectivity index (χ1n) is 6.26. The Kier molecular flexibility index (Phi) is 5.41. The lowest BCUT2D eigenvalue weighted by Gasteiger charge is -2.32. The van der Waals surface area contributed by atoms with Crippen LogP contribution in [0.25, 0.3) is 0 Å². The number of likely N-dealkylation sites (N-methyl/N-ethyl adjacent to an activating group) is 1. The standard InChI is InChI=1S/C12H23N3O2/c1-10-6-4-5-8-15(10)12(17)11(16)13-7-9-14(2)3/h10H,4-9H2,1-3H3,(H,13,16). The number of carbonyl (C=O) groups excluding carboxylic acids is 2. The summed E-state index contributed by atoms with van der Waals surface area (Å²) in [4.78, 5) is 27.2. The molecule has 0 aromatic rings. The number of hydrogen-bond acceptors (Lipinski definition) is 3. The van der Waals surface area contributed by atoms with E-state index in [2.05, 4.69) is 5.32 Å². The smallest absolute Gasteiger partial charge is 0.312 e. The van der Waals surface area contributed by atoms with Gasteiger partial charge in [-0.25, -0.2) is 0 Å². The number of nitrogens with zero attached hydrogens (tertiary/aromatic N) is 2. The summed E-state index contributed by atoms with van der Waals surface area (Å²) in [6, 6.07) is 0.191. The van der Waals surface area contributed by atoms with Crippen molar-refractivity contribution in [3.05, 3.63) is 0 Å². The van der Waals surface area contributed by atoms with E-state index in [4.69, 9.17) is 0 Å². The molecular formula is C12H23N3O2. The summed E-state index contributed by atoms with van der Waals surface area (Å²) in [5, 5.41) is 2.66. The summed E-state index contributed by atoms with van der Waals surface area (Å²) in [7, 11) is 3.86. The van der Waals surface area contributed by atoms with Crippen molar-refractivity contribution in [1.29, 1.82) is 0 Å². The molecule has 0 aliphatic carbocycles. The predicted molar refractivity (Wildman–Crippen MR) is 66.6 cm³/mol. The highest BCUT2D eigenvalue weighted by molar-refractivity contribution is 6.35. The highest BCUT2D eigenvalue weighted by atomic mass is 16.2. The van der Waals surface area contributed by atoms with E-state index in [1.807, 2.05) is 25.9 Å². The molecule has 1 saturated heterocycles. The maximum absolute atomic E-state index is 11.9. The Hall–Kier alpha value is -1.10. The van der Waals surface area contributed by atoms with E-state index in [9.17, 15) is 9.59 Å². The molecule has 98 valence electrons. The number of piperidine rings is 1. The zero-order valence-electron chi connectivity index (χ0n) is 11.0. The molecule has 0 bridgehead atoms. The van der Waals surface area contributed by atoms with Crippen LogP contribution in [-0.4, -0.2) is 61.4 Å². The monoisotopic (exact) mass is 241 g/mol. The Morgan fingerprint density at radius 3 is 2.65 bits per heavy atom. The minimum Gasteiger partial charge on any atom is -0.347 e. The van der Waals surface area contributed by atoms with Crippen LogP contribution < -0.4 is 5.32 Å². The molecule has 2 amide bonds. The fourth-order valence-corrected chi connectivity index (χ4v) is 2.00. The number of nitrogens with one attached hydrogen (secondary N) is 1. The highest BCUT2D eigenvalue weighted by Gasteiger charge is 2.27. The SMILES string of the molecule is CC1CCCCN1C(=O)C(=O)NCCN(C)C. The lowest BCUT2D eigenvalue weighted by molar-refractivity contribution is -0.148. The molecule has 0 spiro atoms. The minimum absolute atomic E-state index is 0.191. The van der Waals surface area contributed by atoms with Gasteiger partial charge in [-0.1, -0.05) is 0 Å². The lowest BCUT2D eigenvalue weighted by atomic mass is 10.0. The van der Waals surface area contributed by atoms with Crippen molar-refractivity contribution in [2.24, 2.45) is 0 Å². The Bertz CT molecular complexity index is 279. The van der Waals surface area contributed by atoms with Gasteiger partial charge in [0.25, 0.3) is 0 Å². The topological polar surface area (TPSA) is 52.7 Å². The zero-order chi connectivity index (χ0) is 12.8. The Balaban J connectivity index is 2.37. The fraction of sp³-hybridized carbons (Fsp3) is 0.833. The molecule has 17 heavy (non-hydrogen) atoms. The second kappa shape index (κ2) is 6.59. The van der Waals surface area contributed by atoms with Crippen molar-refractivity contribution < 1.29 is 9.59 Å². The predicted octanol–water partition coefficient (Wildman–Crippen LogP) is 0.0652. The Morgan fingerprint density at radius 2 is 2.06 bits per heavy atom.